The Labute approximate surface area is 128 Å². The van der Waals surface area contributed by atoms with Gasteiger partial charge < -0.3 is 15.0 Å². The number of piperidine rings is 1. The molecule has 1 aromatic rings. The number of rotatable bonds is 3. The van der Waals surface area contributed by atoms with E-state index in [1.165, 1.54) is 11.3 Å². The fourth-order valence-electron chi connectivity index (χ4n) is 2.86. The smallest absolute Gasteiger partial charge is 0.263 e. The third kappa shape index (κ3) is 3.44. The number of amides is 2. The van der Waals surface area contributed by atoms with Gasteiger partial charge in [-0.1, -0.05) is 6.07 Å². The zero-order valence-corrected chi connectivity index (χ0v) is 12.7. The molecule has 1 atom stereocenters. The van der Waals surface area contributed by atoms with Gasteiger partial charge in [-0.05, 0) is 37.1 Å². The lowest BCUT2D eigenvalue weighted by atomic mass is 10.0. The molecule has 0 saturated carbocycles. The lowest BCUT2D eigenvalue weighted by molar-refractivity contribution is -0.131. The molecule has 3 rings (SSSR count). The zero-order chi connectivity index (χ0) is 14.7. The molecule has 1 unspecified atom stereocenters. The fraction of sp³-hybridized carbons (Fsp3) is 0.600. The molecule has 0 radical (unpaired) electrons. The Morgan fingerprint density at radius 3 is 2.71 bits per heavy atom. The van der Waals surface area contributed by atoms with Gasteiger partial charge in [0.1, 0.15) is 6.10 Å². The maximum absolute atomic E-state index is 12.2. The van der Waals surface area contributed by atoms with Crippen molar-refractivity contribution in [2.75, 3.05) is 19.7 Å². The second kappa shape index (κ2) is 6.58. The van der Waals surface area contributed by atoms with E-state index in [9.17, 15) is 9.59 Å². The predicted octanol–water partition coefficient (Wildman–Crippen LogP) is 1.65. The Morgan fingerprint density at radius 2 is 2.10 bits per heavy atom. The molecule has 0 bridgehead atoms. The van der Waals surface area contributed by atoms with E-state index in [-0.39, 0.29) is 24.0 Å². The largest absolute Gasteiger partial charge is 0.368 e. The predicted molar refractivity (Wildman–Crippen MR) is 80.4 cm³/mol. The number of carbonyl (C=O) groups excluding carboxylic acids is 2. The molecule has 1 aromatic heterocycles. The van der Waals surface area contributed by atoms with Crippen molar-refractivity contribution >= 4 is 23.2 Å². The van der Waals surface area contributed by atoms with E-state index in [4.69, 9.17) is 4.74 Å². The Bertz CT molecular complexity index is 489. The third-order valence-electron chi connectivity index (χ3n) is 4.08. The number of likely N-dealkylation sites (tertiary alicyclic amines) is 1. The molecule has 1 N–H and O–H groups in total. The molecule has 21 heavy (non-hydrogen) atoms. The van der Waals surface area contributed by atoms with Crippen LogP contribution in [0, 0.1) is 0 Å². The van der Waals surface area contributed by atoms with E-state index in [2.05, 4.69) is 5.32 Å². The van der Waals surface area contributed by atoms with Crippen molar-refractivity contribution in [1.82, 2.24) is 10.2 Å². The Morgan fingerprint density at radius 1 is 1.29 bits per heavy atom. The van der Waals surface area contributed by atoms with E-state index in [1.54, 1.807) is 0 Å². The first-order valence-corrected chi connectivity index (χ1v) is 8.37. The van der Waals surface area contributed by atoms with Crippen LogP contribution in [0.4, 0.5) is 0 Å². The monoisotopic (exact) mass is 308 g/mol. The van der Waals surface area contributed by atoms with Crippen molar-refractivity contribution in [3.05, 3.63) is 22.4 Å². The van der Waals surface area contributed by atoms with E-state index in [1.807, 2.05) is 22.4 Å². The minimum absolute atomic E-state index is 0.00975. The minimum Gasteiger partial charge on any atom is -0.368 e. The Hall–Kier alpha value is -1.40. The number of ether oxygens (including phenoxy) is 1. The number of hydrogen-bond acceptors (Lipinski definition) is 4. The first kappa shape index (κ1) is 14.5. The number of hydrogen-bond donors (Lipinski definition) is 1. The van der Waals surface area contributed by atoms with Crippen LogP contribution in [0.1, 0.15) is 35.4 Å². The van der Waals surface area contributed by atoms with Crippen molar-refractivity contribution in [2.24, 2.45) is 0 Å². The van der Waals surface area contributed by atoms with Gasteiger partial charge in [-0.25, -0.2) is 0 Å². The Kier molecular flexibility index (Phi) is 4.55. The lowest BCUT2D eigenvalue weighted by Crippen LogP contribution is -2.48. The van der Waals surface area contributed by atoms with Crippen LogP contribution in [0.5, 0.6) is 0 Å². The molecule has 0 spiro atoms. The second-order valence-electron chi connectivity index (χ2n) is 5.55. The van der Waals surface area contributed by atoms with E-state index in [0.29, 0.717) is 19.7 Å². The summed E-state index contributed by atoms with van der Waals surface area (Å²) in [7, 11) is 0. The van der Waals surface area contributed by atoms with Crippen molar-refractivity contribution in [2.45, 2.75) is 37.8 Å². The van der Waals surface area contributed by atoms with E-state index >= 15 is 0 Å². The summed E-state index contributed by atoms with van der Waals surface area (Å²) in [5, 5.41) is 4.97. The molecule has 0 aromatic carbocycles. The highest BCUT2D eigenvalue weighted by Crippen LogP contribution is 2.18. The van der Waals surface area contributed by atoms with Crippen molar-refractivity contribution < 1.29 is 14.3 Å². The van der Waals surface area contributed by atoms with Crippen molar-refractivity contribution in [3.8, 4) is 0 Å². The van der Waals surface area contributed by atoms with E-state index < -0.39 is 0 Å². The quantitative estimate of drug-likeness (QED) is 0.923. The highest BCUT2D eigenvalue weighted by Gasteiger charge is 2.28. The molecular weight excluding hydrogens is 288 g/mol. The maximum atomic E-state index is 12.2. The van der Waals surface area contributed by atoms with Crippen LogP contribution in [-0.4, -0.2) is 48.6 Å². The molecule has 6 heteroatoms. The summed E-state index contributed by atoms with van der Waals surface area (Å²) in [6, 6.07) is 3.92. The van der Waals surface area contributed by atoms with Crippen LogP contribution < -0.4 is 5.32 Å². The summed E-state index contributed by atoms with van der Waals surface area (Å²) in [5.41, 5.74) is 0. The summed E-state index contributed by atoms with van der Waals surface area (Å²) in [6.07, 6.45) is 3.15. The highest BCUT2D eigenvalue weighted by molar-refractivity contribution is 7.12. The normalized spacial score (nSPS) is 23.2. The van der Waals surface area contributed by atoms with Gasteiger partial charge in [0.05, 0.1) is 4.88 Å². The summed E-state index contributed by atoms with van der Waals surface area (Å²) in [4.78, 5) is 26.9. The standard InChI is InChI=1S/C15H20N2O3S/c18-14(12-3-1-9-20-12)16-11-5-7-17(8-6-11)15(19)13-4-2-10-21-13/h2,4,10-12H,1,3,5-9H2,(H,16,18). The van der Waals surface area contributed by atoms with Gasteiger partial charge in [0.2, 0.25) is 5.91 Å². The van der Waals surface area contributed by atoms with Gasteiger partial charge in [0.25, 0.3) is 5.91 Å². The maximum Gasteiger partial charge on any atom is 0.263 e. The van der Waals surface area contributed by atoms with Crippen LogP contribution >= 0.6 is 11.3 Å². The van der Waals surface area contributed by atoms with Crippen molar-refractivity contribution in [1.29, 1.82) is 0 Å². The van der Waals surface area contributed by atoms with Gasteiger partial charge in [-0.3, -0.25) is 9.59 Å². The lowest BCUT2D eigenvalue weighted by Gasteiger charge is -2.32. The number of carbonyl (C=O) groups is 2. The first-order valence-electron chi connectivity index (χ1n) is 7.49. The topological polar surface area (TPSA) is 58.6 Å². The van der Waals surface area contributed by atoms with Crippen molar-refractivity contribution in [3.63, 3.8) is 0 Å². The van der Waals surface area contributed by atoms with Gasteiger partial charge >= 0.3 is 0 Å². The highest BCUT2D eigenvalue weighted by atomic mass is 32.1. The molecule has 2 fully saturated rings. The molecule has 2 amide bonds. The van der Waals surface area contributed by atoms with E-state index in [0.717, 1.165) is 30.6 Å². The number of nitrogens with zero attached hydrogens (tertiary/aromatic N) is 1. The van der Waals surface area contributed by atoms with Crippen LogP contribution in [0.2, 0.25) is 0 Å². The van der Waals surface area contributed by atoms with Crippen LogP contribution in [0.15, 0.2) is 17.5 Å². The summed E-state index contributed by atoms with van der Waals surface area (Å²) < 4.78 is 5.39. The van der Waals surface area contributed by atoms with Gasteiger partial charge in [-0.15, -0.1) is 11.3 Å². The molecular formula is C15H20N2O3S. The molecule has 2 aliphatic rings. The minimum atomic E-state index is -0.268. The summed E-state index contributed by atoms with van der Waals surface area (Å²) in [6.45, 7) is 2.09. The zero-order valence-electron chi connectivity index (χ0n) is 11.9. The average Bonchev–Trinajstić information content (AvgIpc) is 3.20. The second-order valence-corrected chi connectivity index (χ2v) is 6.50. The van der Waals surface area contributed by atoms with Gasteiger partial charge in [0.15, 0.2) is 0 Å². The number of nitrogens with one attached hydrogen (secondary N) is 1. The van der Waals surface area contributed by atoms with Crippen LogP contribution in [-0.2, 0) is 9.53 Å². The first-order chi connectivity index (χ1) is 10.2. The molecule has 2 saturated heterocycles. The summed E-state index contributed by atoms with van der Waals surface area (Å²) >= 11 is 1.48. The average molecular weight is 308 g/mol. The third-order valence-corrected chi connectivity index (χ3v) is 4.94. The van der Waals surface area contributed by atoms with Crippen LogP contribution in [0.3, 0.4) is 0 Å². The fourth-order valence-corrected chi connectivity index (χ4v) is 3.55. The van der Waals surface area contributed by atoms with Crippen LogP contribution in [0.25, 0.3) is 0 Å². The number of thiophene rings is 1. The summed E-state index contributed by atoms with van der Waals surface area (Å²) in [5.74, 6) is 0.115. The molecule has 2 aliphatic heterocycles. The molecule has 3 heterocycles. The van der Waals surface area contributed by atoms with Gasteiger partial charge in [0, 0.05) is 25.7 Å². The molecule has 5 nitrogen and oxygen atoms in total. The molecule has 0 aliphatic carbocycles. The molecule has 114 valence electrons. The Balaban J connectivity index is 1.46. The SMILES string of the molecule is O=C(NC1CCN(C(=O)c2cccs2)CC1)C1CCCO1. The van der Waals surface area contributed by atoms with Gasteiger partial charge in [-0.2, -0.15) is 0 Å².